The number of carbonyl (C=O) groups excluding carboxylic acids is 2. The van der Waals surface area contributed by atoms with Crippen molar-refractivity contribution in [3.63, 3.8) is 0 Å². The van der Waals surface area contributed by atoms with Gasteiger partial charge >= 0.3 is 6.61 Å². The van der Waals surface area contributed by atoms with E-state index >= 15 is 0 Å². The smallest absolute Gasteiger partial charge is 0.387 e. The molecule has 7 nitrogen and oxygen atoms in total. The number of amides is 2. The number of ether oxygens (including phenoxy) is 3. The molecule has 0 saturated carbocycles. The summed E-state index contributed by atoms with van der Waals surface area (Å²) in [5, 5.41) is 0. The van der Waals surface area contributed by atoms with Crippen LogP contribution < -0.4 is 14.2 Å². The van der Waals surface area contributed by atoms with E-state index in [-0.39, 0.29) is 23.3 Å². The van der Waals surface area contributed by atoms with Gasteiger partial charge in [-0.15, -0.1) is 0 Å². The first-order valence-electron chi connectivity index (χ1n) is 10.7. The fourth-order valence-corrected chi connectivity index (χ4v) is 3.75. The van der Waals surface area contributed by atoms with Crippen molar-refractivity contribution in [2.24, 2.45) is 0 Å². The van der Waals surface area contributed by atoms with Crippen LogP contribution in [0.1, 0.15) is 28.8 Å². The van der Waals surface area contributed by atoms with Gasteiger partial charge in [0.15, 0.2) is 11.5 Å². The monoisotopic (exact) mass is 462 g/mol. The van der Waals surface area contributed by atoms with Crippen LogP contribution >= 0.6 is 0 Å². The zero-order valence-corrected chi connectivity index (χ0v) is 18.8. The number of alkyl halides is 2. The van der Waals surface area contributed by atoms with E-state index in [2.05, 4.69) is 4.74 Å². The third-order valence-electron chi connectivity index (χ3n) is 5.55. The van der Waals surface area contributed by atoms with Crippen molar-refractivity contribution in [1.29, 1.82) is 0 Å². The second kappa shape index (κ2) is 11.5. The first-order valence-corrected chi connectivity index (χ1v) is 10.7. The Labute approximate surface area is 191 Å². The number of hydrogen-bond donors (Lipinski definition) is 0. The Balaban J connectivity index is 1.56. The number of nitrogens with zero attached hydrogens (tertiary/aromatic N) is 2. The molecule has 0 aromatic heterocycles. The van der Waals surface area contributed by atoms with Gasteiger partial charge in [0.25, 0.3) is 5.91 Å². The minimum Gasteiger partial charge on any atom is -0.497 e. The SMILES string of the molecule is COc1ccc(CCC(=O)N2CCCN(C(=O)c3ccc(OC(F)F)c(OC)c3)CC2)cc1. The van der Waals surface area contributed by atoms with Gasteiger partial charge in [-0.1, -0.05) is 12.1 Å². The molecule has 0 aliphatic carbocycles. The van der Waals surface area contributed by atoms with Gasteiger partial charge < -0.3 is 24.0 Å². The summed E-state index contributed by atoms with van der Waals surface area (Å²) < 4.78 is 39.7. The summed E-state index contributed by atoms with van der Waals surface area (Å²) in [6.07, 6.45) is 1.68. The highest BCUT2D eigenvalue weighted by Crippen LogP contribution is 2.30. The normalized spacial score (nSPS) is 14.1. The minimum absolute atomic E-state index is 0.0512. The van der Waals surface area contributed by atoms with E-state index in [1.807, 2.05) is 24.3 Å². The van der Waals surface area contributed by atoms with Crippen molar-refractivity contribution in [3.05, 3.63) is 53.6 Å². The number of benzene rings is 2. The molecule has 178 valence electrons. The number of methoxy groups -OCH3 is 2. The quantitative estimate of drug-likeness (QED) is 0.600. The highest BCUT2D eigenvalue weighted by Gasteiger charge is 2.24. The number of rotatable bonds is 8. The molecule has 0 atom stereocenters. The molecule has 0 unspecified atom stereocenters. The van der Waals surface area contributed by atoms with E-state index in [4.69, 9.17) is 9.47 Å². The lowest BCUT2D eigenvalue weighted by molar-refractivity contribution is -0.131. The van der Waals surface area contributed by atoms with E-state index in [1.165, 1.54) is 25.3 Å². The molecule has 1 aliphatic heterocycles. The Kier molecular flexibility index (Phi) is 8.46. The first-order chi connectivity index (χ1) is 15.9. The zero-order valence-electron chi connectivity index (χ0n) is 18.8. The lowest BCUT2D eigenvalue weighted by Gasteiger charge is -2.22. The molecule has 1 fully saturated rings. The Morgan fingerprint density at radius 1 is 0.909 bits per heavy atom. The van der Waals surface area contributed by atoms with Crippen molar-refractivity contribution in [1.82, 2.24) is 9.80 Å². The Bertz CT molecular complexity index is 952. The third kappa shape index (κ3) is 6.57. The molecule has 0 N–H and O–H groups in total. The van der Waals surface area contributed by atoms with Gasteiger partial charge in [0, 0.05) is 38.2 Å². The van der Waals surface area contributed by atoms with Crippen molar-refractivity contribution >= 4 is 11.8 Å². The maximum Gasteiger partial charge on any atom is 0.387 e. The standard InChI is InChI=1S/C24H28F2N2O5/c1-31-19-8-4-17(5-9-19)6-11-22(29)27-12-3-13-28(15-14-27)23(30)18-7-10-20(33-24(25)26)21(16-18)32-2/h4-5,7-10,16,24H,3,6,11-15H2,1-2H3. The van der Waals surface area contributed by atoms with Crippen LogP contribution in [0.5, 0.6) is 17.2 Å². The Morgan fingerprint density at radius 3 is 2.27 bits per heavy atom. The van der Waals surface area contributed by atoms with Crippen molar-refractivity contribution in [2.75, 3.05) is 40.4 Å². The third-order valence-corrected chi connectivity index (χ3v) is 5.55. The highest BCUT2D eigenvalue weighted by molar-refractivity contribution is 5.95. The van der Waals surface area contributed by atoms with Crippen LogP contribution in [-0.4, -0.2) is 68.6 Å². The second-order valence-electron chi connectivity index (χ2n) is 7.62. The molecular weight excluding hydrogens is 434 g/mol. The molecule has 1 saturated heterocycles. The minimum atomic E-state index is -2.99. The summed E-state index contributed by atoms with van der Waals surface area (Å²) in [7, 11) is 2.93. The summed E-state index contributed by atoms with van der Waals surface area (Å²) >= 11 is 0. The molecule has 2 amide bonds. The molecule has 1 heterocycles. The van der Waals surface area contributed by atoms with E-state index in [0.717, 1.165) is 11.3 Å². The van der Waals surface area contributed by atoms with Gasteiger partial charge in [-0.2, -0.15) is 8.78 Å². The number of halogens is 2. The predicted molar refractivity (Wildman–Crippen MR) is 118 cm³/mol. The molecule has 2 aromatic rings. The van der Waals surface area contributed by atoms with Gasteiger partial charge in [-0.3, -0.25) is 9.59 Å². The average molecular weight is 462 g/mol. The van der Waals surface area contributed by atoms with Crippen LogP contribution in [0.2, 0.25) is 0 Å². The first kappa shape index (κ1) is 24.3. The van der Waals surface area contributed by atoms with Crippen LogP contribution in [0.25, 0.3) is 0 Å². The Morgan fingerprint density at radius 2 is 1.61 bits per heavy atom. The molecule has 0 bridgehead atoms. The summed E-state index contributed by atoms with van der Waals surface area (Å²) in [5.74, 6) is 0.510. The fraction of sp³-hybridized carbons (Fsp3) is 0.417. The molecule has 1 aliphatic rings. The average Bonchev–Trinajstić information content (AvgIpc) is 3.09. The molecule has 0 spiro atoms. The molecule has 3 rings (SSSR count). The molecular formula is C24H28F2N2O5. The van der Waals surface area contributed by atoms with E-state index < -0.39 is 6.61 Å². The number of hydrogen-bond acceptors (Lipinski definition) is 5. The summed E-state index contributed by atoms with van der Waals surface area (Å²) in [6, 6.07) is 11.8. The van der Waals surface area contributed by atoms with Crippen LogP contribution in [0.3, 0.4) is 0 Å². The van der Waals surface area contributed by atoms with E-state index in [9.17, 15) is 18.4 Å². The molecule has 33 heavy (non-hydrogen) atoms. The Hall–Kier alpha value is -3.36. The van der Waals surface area contributed by atoms with Gasteiger partial charge in [0.05, 0.1) is 14.2 Å². The van der Waals surface area contributed by atoms with Crippen LogP contribution in [0, 0.1) is 0 Å². The lowest BCUT2D eigenvalue weighted by Crippen LogP contribution is -2.37. The molecule has 9 heteroatoms. The van der Waals surface area contributed by atoms with Gasteiger partial charge in [-0.25, -0.2) is 0 Å². The second-order valence-corrected chi connectivity index (χ2v) is 7.62. The van der Waals surface area contributed by atoms with E-state index in [1.54, 1.807) is 16.9 Å². The highest BCUT2D eigenvalue weighted by atomic mass is 19.3. The molecule has 2 aromatic carbocycles. The zero-order chi connectivity index (χ0) is 23.8. The maximum atomic E-state index is 13.0. The van der Waals surface area contributed by atoms with Gasteiger partial charge in [0.1, 0.15) is 5.75 Å². The van der Waals surface area contributed by atoms with Gasteiger partial charge in [-0.05, 0) is 48.7 Å². The number of carbonyl (C=O) groups is 2. The van der Waals surface area contributed by atoms with Crippen molar-refractivity contribution in [3.8, 4) is 17.2 Å². The van der Waals surface area contributed by atoms with E-state index in [0.29, 0.717) is 51.0 Å². The number of aryl methyl sites for hydroxylation is 1. The lowest BCUT2D eigenvalue weighted by atomic mass is 10.1. The molecule has 0 radical (unpaired) electrons. The summed E-state index contributed by atoms with van der Waals surface area (Å²) in [6.45, 7) is -1.07. The van der Waals surface area contributed by atoms with Crippen LogP contribution in [-0.2, 0) is 11.2 Å². The topological polar surface area (TPSA) is 68.3 Å². The van der Waals surface area contributed by atoms with Crippen LogP contribution in [0.15, 0.2) is 42.5 Å². The van der Waals surface area contributed by atoms with Gasteiger partial charge in [0.2, 0.25) is 5.91 Å². The maximum absolute atomic E-state index is 13.0. The van der Waals surface area contributed by atoms with Crippen molar-refractivity contribution < 1.29 is 32.6 Å². The van der Waals surface area contributed by atoms with Crippen LogP contribution in [0.4, 0.5) is 8.78 Å². The summed E-state index contributed by atoms with van der Waals surface area (Å²) in [4.78, 5) is 29.1. The summed E-state index contributed by atoms with van der Waals surface area (Å²) in [5.41, 5.74) is 1.37. The fourth-order valence-electron chi connectivity index (χ4n) is 3.75. The predicted octanol–water partition coefficient (Wildman–Crippen LogP) is 3.61. The largest absolute Gasteiger partial charge is 0.497 e. The van der Waals surface area contributed by atoms with Crippen molar-refractivity contribution in [2.45, 2.75) is 25.9 Å².